The molecule has 2 aromatic rings. The van der Waals surface area contributed by atoms with Gasteiger partial charge in [0, 0.05) is 42.0 Å². The number of halogens is 1. The van der Waals surface area contributed by atoms with Crippen LogP contribution in [0.2, 0.25) is 5.02 Å². The van der Waals surface area contributed by atoms with Gasteiger partial charge in [-0.05, 0) is 55.3 Å². The van der Waals surface area contributed by atoms with E-state index < -0.39 is 6.04 Å². The second-order valence-corrected chi connectivity index (χ2v) is 7.42. The highest BCUT2D eigenvalue weighted by Crippen LogP contribution is 2.22. The van der Waals surface area contributed by atoms with Crippen LogP contribution in [0.5, 0.6) is 0 Å². The zero-order chi connectivity index (χ0) is 21.5. The Balaban J connectivity index is 1.68. The monoisotopic (exact) mass is 429 g/mol. The Morgan fingerprint density at radius 3 is 2.63 bits per heavy atom. The normalized spacial score (nSPS) is 15.7. The van der Waals surface area contributed by atoms with Gasteiger partial charge in [-0.2, -0.15) is 0 Å². The summed E-state index contributed by atoms with van der Waals surface area (Å²) in [5, 5.41) is 6.13. The van der Waals surface area contributed by atoms with Crippen LogP contribution in [0.1, 0.15) is 33.6 Å². The van der Waals surface area contributed by atoms with Crippen LogP contribution < -0.4 is 10.6 Å². The van der Waals surface area contributed by atoms with E-state index in [0.717, 1.165) is 6.42 Å². The summed E-state index contributed by atoms with van der Waals surface area (Å²) in [4.78, 5) is 39.5. The van der Waals surface area contributed by atoms with Crippen LogP contribution in [0.4, 0.5) is 5.69 Å². The molecule has 0 unspecified atom stereocenters. The molecule has 3 rings (SSSR count). The minimum absolute atomic E-state index is 0.176. The van der Waals surface area contributed by atoms with Crippen molar-refractivity contribution in [3.8, 4) is 0 Å². The lowest BCUT2D eigenvalue weighted by molar-refractivity contribution is -0.125. The van der Waals surface area contributed by atoms with Gasteiger partial charge in [-0.1, -0.05) is 17.7 Å². The van der Waals surface area contributed by atoms with Gasteiger partial charge in [0.05, 0.1) is 6.61 Å². The third-order valence-electron chi connectivity index (χ3n) is 4.90. The van der Waals surface area contributed by atoms with Crippen molar-refractivity contribution >= 4 is 35.0 Å². The number of ether oxygens (including phenoxy) is 1. The highest BCUT2D eigenvalue weighted by Gasteiger charge is 2.34. The van der Waals surface area contributed by atoms with Crippen LogP contribution >= 0.6 is 11.6 Å². The fourth-order valence-electron chi connectivity index (χ4n) is 3.38. The number of nitrogens with zero attached hydrogens (tertiary/aromatic N) is 1. The molecular formula is C22H24ClN3O4. The van der Waals surface area contributed by atoms with Gasteiger partial charge in [0.1, 0.15) is 6.04 Å². The standard InChI is InChI=1S/C22H24ClN3O4/c1-30-13-11-24-21(28)19-6-3-12-26(19)22(29)16-4-2-5-18(14-16)25-20(27)15-7-9-17(23)10-8-15/h2,4-5,7-10,14,19H,3,6,11-13H2,1H3,(H,24,28)(H,25,27)/t19-/m0/s1. The van der Waals surface area contributed by atoms with Crippen molar-refractivity contribution in [2.75, 3.05) is 32.1 Å². The van der Waals surface area contributed by atoms with Gasteiger partial charge in [0.2, 0.25) is 5.91 Å². The molecule has 2 N–H and O–H groups in total. The minimum atomic E-state index is -0.498. The van der Waals surface area contributed by atoms with Crippen molar-refractivity contribution in [1.82, 2.24) is 10.2 Å². The number of rotatable bonds is 7. The van der Waals surface area contributed by atoms with Crippen LogP contribution in [-0.4, -0.2) is 55.5 Å². The smallest absolute Gasteiger partial charge is 0.255 e. The second kappa shape index (κ2) is 10.2. The van der Waals surface area contributed by atoms with Gasteiger partial charge >= 0.3 is 0 Å². The summed E-state index contributed by atoms with van der Waals surface area (Å²) in [5.41, 5.74) is 1.38. The predicted octanol–water partition coefficient (Wildman–Crippen LogP) is 2.96. The second-order valence-electron chi connectivity index (χ2n) is 6.98. The predicted molar refractivity (Wildman–Crippen MR) is 115 cm³/mol. The van der Waals surface area contributed by atoms with Gasteiger partial charge in [0.25, 0.3) is 11.8 Å². The number of carbonyl (C=O) groups excluding carboxylic acids is 3. The lowest BCUT2D eigenvalue weighted by atomic mass is 10.1. The topological polar surface area (TPSA) is 87.7 Å². The fourth-order valence-corrected chi connectivity index (χ4v) is 3.50. The van der Waals surface area contributed by atoms with Crippen LogP contribution in [0, 0.1) is 0 Å². The number of hydrogen-bond acceptors (Lipinski definition) is 4. The maximum atomic E-state index is 13.0. The van der Waals surface area contributed by atoms with E-state index in [4.69, 9.17) is 16.3 Å². The number of hydrogen-bond donors (Lipinski definition) is 2. The zero-order valence-electron chi connectivity index (χ0n) is 16.7. The van der Waals surface area contributed by atoms with Gasteiger partial charge < -0.3 is 20.3 Å². The Hall–Kier alpha value is -2.90. The molecule has 0 spiro atoms. The first-order chi connectivity index (χ1) is 14.5. The Kier molecular flexibility index (Phi) is 7.43. The van der Waals surface area contributed by atoms with Crippen molar-refractivity contribution in [1.29, 1.82) is 0 Å². The van der Waals surface area contributed by atoms with E-state index in [1.54, 1.807) is 60.5 Å². The third-order valence-corrected chi connectivity index (χ3v) is 5.15. The summed E-state index contributed by atoms with van der Waals surface area (Å²) in [6.07, 6.45) is 1.39. The van der Waals surface area contributed by atoms with Gasteiger partial charge in [0.15, 0.2) is 0 Å². The summed E-state index contributed by atoms with van der Waals surface area (Å²) in [5.74, 6) is -0.708. The number of benzene rings is 2. The van der Waals surface area contributed by atoms with Crippen molar-refractivity contribution < 1.29 is 19.1 Å². The molecule has 0 aromatic heterocycles. The SMILES string of the molecule is COCCNC(=O)[C@@H]1CCCN1C(=O)c1cccc(NC(=O)c2ccc(Cl)cc2)c1. The number of methoxy groups -OCH3 is 1. The maximum absolute atomic E-state index is 13.0. The van der Waals surface area contributed by atoms with E-state index in [0.29, 0.717) is 48.0 Å². The maximum Gasteiger partial charge on any atom is 0.255 e. The summed E-state index contributed by atoms with van der Waals surface area (Å²) in [6.45, 7) is 1.34. The van der Waals surface area contributed by atoms with Crippen LogP contribution in [-0.2, 0) is 9.53 Å². The molecule has 0 aliphatic carbocycles. The molecule has 7 nitrogen and oxygen atoms in total. The first kappa shape index (κ1) is 21.8. The number of carbonyl (C=O) groups is 3. The van der Waals surface area contributed by atoms with E-state index in [-0.39, 0.29) is 17.7 Å². The average molecular weight is 430 g/mol. The number of anilines is 1. The molecule has 30 heavy (non-hydrogen) atoms. The zero-order valence-corrected chi connectivity index (χ0v) is 17.4. The summed E-state index contributed by atoms with van der Waals surface area (Å²) < 4.78 is 4.94. The van der Waals surface area contributed by atoms with Crippen molar-refractivity contribution in [2.45, 2.75) is 18.9 Å². The Morgan fingerprint density at radius 1 is 1.13 bits per heavy atom. The highest BCUT2D eigenvalue weighted by molar-refractivity contribution is 6.30. The fraction of sp³-hybridized carbons (Fsp3) is 0.318. The van der Waals surface area contributed by atoms with E-state index >= 15 is 0 Å². The summed E-state index contributed by atoms with van der Waals surface area (Å²) in [6, 6.07) is 12.8. The van der Waals surface area contributed by atoms with Crippen LogP contribution in [0.25, 0.3) is 0 Å². The van der Waals surface area contributed by atoms with Crippen molar-refractivity contribution in [3.05, 3.63) is 64.7 Å². The molecular weight excluding hydrogens is 406 g/mol. The minimum Gasteiger partial charge on any atom is -0.383 e. The molecule has 1 aliphatic heterocycles. The Morgan fingerprint density at radius 2 is 1.90 bits per heavy atom. The molecule has 1 fully saturated rings. The van der Waals surface area contributed by atoms with Crippen LogP contribution in [0.15, 0.2) is 48.5 Å². The molecule has 158 valence electrons. The largest absolute Gasteiger partial charge is 0.383 e. The molecule has 0 saturated carbocycles. The Labute approximate surface area is 180 Å². The molecule has 0 radical (unpaired) electrons. The van der Waals surface area contributed by atoms with E-state index in [1.807, 2.05) is 0 Å². The quantitative estimate of drug-likeness (QED) is 0.662. The highest BCUT2D eigenvalue weighted by atomic mass is 35.5. The number of likely N-dealkylation sites (tertiary alicyclic amines) is 1. The van der Waals surface area contributed by atoms with Gasteiger partial charge in [-0.15, -0.1) is 0 Å². The average Bonchev–Trinajstić information content (AvgIpc) is 3.24. The van der Waals surface area contributed by atoms with Gasteiger partial charge in [-0.3, -0.25) is 14.4 Å². The first-order valence-corrected chi connectivity index (χ1v) is 10.1. The van der Waals surface area contributed by atoms with E-state index in [1.165, 1.54) is 0 Å². The molecule has 1 atom stereocenters. The van der Waals surface area contributed by atoms with Crippen LogP contribution in [0.3, 0.4) is 0 Å². The molecule has 2 aromatic carbocycles. The third kappa shape index (κ3) is 5.37. The van der Waals surface area contributed by atoms with Crippen molar-refractivity contribution in [3.63, 3.8) is 0 Å². The summed E-state index contributed by atoms with van der Waals surface area (Å²) in [7, 11) is 1.57. The number of amides is 3. The summed E-state index contributed by atoms with van der Waals surface area (Å²) >= 11 is 5.86. The molecule has 1 heterocycles. The molecule has 0 bridgehead atoms. The molecule has 1 aliphatic rings. The molecule has 3 amide bonds. The van der Waals surface area contributed by atoms with E-state index in [2.05, 4.69) is 10.6 Å². The molecule has 8 heteroatoms. The molecule has 1 saturated heterocycles. The first-order valence-electron chi connectivity index (χ1n) is 9.74. The Bertz CT molecular complexity index is 917. The van der Waals surface area contributed by atoms with Gasteiger partial charge in [-0.25, -0.2) is 0 Å². The lowest BCUT2D eigenvalue weighted by Crippen LogP contribution is -2.46. The number of nitrogens with one attached hydrogen (secondary N) is 2. The lowest BCUT2D eigenvalue weighted by Gasteiger charge is -2.24. The van der Waals surface area contributed by atoms with E-state index in [9.17, 15) is 14.4 Å². The van der Waals surface area contributed by atoms with Crippen molar-refractivity contribution in [2.24, 2.45) is 0 Å².